The monoisotopic (exact) mass is 221 g/mol. The molecular formula is C13H23N3. The molecule has 2 atom stereocenters. The maximum absolute atomic E-state index is 6.40. The highest BCUT2D eigenvalue weighted by atomic mass is 15.2. The molecule has 3 heteroatoms. The van der Waals surface area contributed by atoms with Crippen molar-refractivity contribution in [2.75, 3.05) is 14.1 Å². The van der Waals surface area contributed by atoms with E-state index in [0.717, 1.165) is 12.0 Å². The number of aromatic nitrogens is 1. The fourth-order valence-electron chi connectivity index (χ4n) is 1.95. The summed E-state index contributed by atoms with van der Waals surface area (Å²) in [5.74, 6) is 0. The van der Waals surface area contributed by atoms with Gasteiger partial charge in [-0.25, -0.2) is 0 Å². The first-order chi connectivity index (χ1) is 7.43. The van der Waals surface area contributed by atoms with Gasteiger partial charge in [-0.15, -0.1) is 0 Å². The third-order valence-corrected chi connectivity index (χ3v) is 3.82. The minimum absolute atomic E-state index is 0.0128. The molecule has 0 saturated heterocycles. The van der Waals surface area contributed by atoms with Crippen LogP contribution >= 0.6 is 0 Å². The summed E-state index contributed by atoms with van der Waals surface area (Å²) in [6, 6.07) is 2.00. The van der Waals surface area contributed by atoms with E-state index in [0.29, 0.717) is 0 Å². The maximum Gasteiger partial charge on any atom is 0.0497 e. The van der Waals surface area contributed by atoms with Crippen molar-refractivity contribution >= 4 is 0 Å². The van der Waals surface area contributed by atoms with E-state index in [-0.39, 0.29) is 11.6 Å². The first-order valence-electron chi connectivity index (χ1n) is 5.77. The Morgan fingerprint density at radius 1 is 1.50 bits per heavy atom. The highest BCUT2D eigenvalue weighted by Gasteiger charge is 2.33. The number of aryl methyl sites for hydroxylation is 1. The van der Waals surface area contributed by atoms with E-state index in [9.17, 15) is 0 Å². The minimum atomic E-state index is -0.0339. The third kappa shape index (κ3) is 2.25. The molecule has 0 saturated carbocycles. The van der Waals surface area contributed by atoms with Gasteiger partial charge in [-0.05, 0) is 51.6 Å². The normalized spacial score (nSPS) is 17.2. The summed E-state index contributed by atoms with van der Waals surface area (Å²) in [4.78, 5) is 6.37. The predicted octanol–water partition coefficient (Wildman–Crippen LogP) is 2.12. The van der Waals surface area contributed by atoms with Crippen LogP contribution in [0.25, 0.3) is 0 Å². The lowest BCUT2D eigenvalue weighted by Gasteiger charge is -2.41. The van der Waals surface area contributed by atoms with Crippen LogP contribution in [0.2, 0.25) is 0 Å². The molecule has 0 aliphatic rings. The Morgan fingerprint density at radius 2 is 2.12 bits per heavy atom. The largest absolute Gasteiger partial charge is 0.322 e. The van der Waals surface area contributed by atoms with Crippen molar-refractivity contribution in [2.24, 2.45) is 5.73 Å². The van der Waals surface area contributed by atoms with E-state index >= 15 is 0 Å². The average Bonchev–Trinajstić information content (AvgIpc) is 2.27. The van der Waals surface area contributed by atoms with Gasteiger partial charge in [0.05, 0.1) is 0 Å². The number of pyridine rings is 1. The Kier molecular flexibility index (Phi) is 4.05. The molecule has 0 radical (unpaired) electrons. The number of likely N-dealkylation sites (N-methyl/N-ethyl adjacent to an activating group) is 1. The molecule has 1 heterocycles. The molecule has 0 aliphatic heterocycles. The van der Waals surface area contributed by atoms with Crippen molar-refractivity contribution in [1.82, 2.24) is 9.88 Å². The fourth-order valence-corrected chi connectivity index (χ4v) is 1.95. The molecular weight excluding hydrogens is 198 g/mol. The van der Waals surface area contributed by atoms with Gasteiger partial charge in [-0.1, -0.05) is 6.92 Å². The molecule has 0 fully saturated rings. The minimum Gasteiger partial charge on any atom is -0.322 e. The molecule has 1 aromatic heterocycles. The van der Waals surface area contributed by atoms with E-state index in [2.05, 4.69) is 44.8 Å². The van der Waals surface area contributed by atoms with Crippen LogP contribution in [0, 0.1) is 6.92 Å². The molecule has 1 aromatic rings. The third-order valence-electron chi connectivity index (χ3n) is 3.82. The number of nitrogens with two attached hydrogens (primary N) is 1. The SMILES string of the molecule is CCC(C)(C(N)c1cnccc1C)N(C)C. The molecule has 16 heavy (non-hydrogen) atoms. The maximum atomic E-state index is 6.40. The zero-order valence-corrected chi connectivity index (χ0v) is 11.0. The lowest BCUT2D eigenvalue weighted by Crippen LogP contribution is -2.49. The van der Waals surface area contributed by atoms with Crippen LogP contribution in [0.1, 0.15) is 37.4 Å². The molecule has 0 aliphatic carbocycles. The van der Waals surface area contributed by atoms with Crippen LogP contribution in [0.3, 0.4) is 0 Å². The number of nitrogens with zero attached hydrogens (tertiary/aromatic N) is 2. The summed E-state index contributed by atoms with van der Waals surface area (Å²) >= 11 is 0. The highest BCUT2D eigenvalue weighted by Crippen LogP contribution is 2.31. The highest BCUT2D eigenvalue weighted by molar-refractivity contribution is 5.27. The van der Waals surface area contributed by atoms with Gasteiger partial charge in [0.25, 0.3) is 0 Å². The summed E-state index contributed by atoms with van der Waals surface area (Å²) in [6.45, 7) is 6.46. The zero-order valence-electron chi connectivity index (χ0n) is 11.0. The lowest BCUT2D eigenvalue weighted by atomic mass is 9.83. The summed E-state index contributed by atoms with van der Waals surface area (Å²) in [5.41, 5.74) is 8.72. The lowest BCUT2D eigenvalue weighted by molar-refractivity contribution is 0.131. The van der Waals surface area contributed by atoms with Crippen LogP contribution in [0.15, 0.2) is 18.5 Å². The Morgan fingerprint density at radius 3 is 2.56 bits per heavy atom. The van der Waals surface area contributed by atoms with Gasteiger partial charge in [0.2, 0.25) is 0 Å². The second-order valence-electron chi connectivity index (χ2n) is 4.82. The Bertz CT molecular complexity index is 349. The first-order valence-corrected chi connectivity index (χ1v) is 5.77. The Labute approximate surface area is 98.7 Å². The van der Waals surface area contributed by atoms with Crippen LogP contribution in [-0.4, -0.2) is 29.5 Å². The summed E-state index contributed by atoms with van der Waals surface area (Å²) < 4.78 is 0. The van der Waals surface area contributed by atoms with Crippen molar-refractivity contribution in [3.8, 4) is 0 Å². The molecule has 0 aromatic carbocycles. The van der Waals surface area contributed by atoms with Crippen LogP contribution in [-0.2, 0) is 0 Å². The fraction of sp³-hybridized carbons (Fsp3) is 0.615. The average molecular weight is 221 g/mol. The zero-order chi connectivity index (χ0) is 12.3. The van der Waals surface area contributed by atoms with Crippen molar-refractivity contribution in [3.05, 3.63) is 29.6 Å². The van der Waals surface area contributed by atoms with Gasteiger partial charge < -0.3 is 10.6 Å². The summed E-state index contributed by atoms with van der Waals surface area (Å²) in [7, 11) is 4.16. The van der Waals surface area contributed by atoms with Crippen LogP contribution in [0.4, 0.5) is 0 Å². The second kappa shape index (κ2) is 4.93. The number of hydrogen-bond acceptors (Lipinski definition) is 3. The molecule has 2 unspecified atom stereocenters. The standard InChI is InChI=1S/C13H23N3/c1-6-13(3,16(4)5)12(14)11-9-15-8-7-10(11)2/h7-9,12H,6,14H2,1-5H3. The quantitative estimate of drug-likeness (QED) is 0.847. The van der Waals surface area contributed by atoms with Crippen molar-refractivity contribution in [1.29, 1.82) is 0 Å². The van der Waals surface area contributed by atoms with Crippen LogP contribution in [0.5, 0.6) is 0 Å². The van der Waals surface area contributed by atoms with E-state index in [1.807, 2.05) is 18.5 Å². The van der Waals surface area contributed by atoms with Crippen molar-refractivity contribution in [2.45, 2.75) is 38.8 Å². The smallest absolute Gasteiger partial charge is 0.0497 e. The van der Waals surface area contributed by atoms with Crippen molar-refractivity contribution < 1.29 is 0 Å². The summed E-state index contributed by atoms with van der Waals surface area (Å²) in [5, 5.41) is 0. The Balaban J connectivity index is 3.10. The first kappa shape index (κ1) is 13.1. The van der Waals surface area contributed by atoms with E-state index in [4.69, 9.17) is 5.73 Å². The van der Waals surface area contributed by atoms with E-state index < -0.39 is 0 Å². The molecule has 2 N–H and O–H groups in total. The number of hydrogen-bond donors (Lipinski definition) is 1. The van der Waals surface area contributed by atoms with Gasteiger partial charge in [0.15, 0.2) is 0 Å². The molecule has 0 spiro atoms. The van der Waals surface area contributed by atoms with Gasteiger partial charge in [0.1, 0.15) is 0 Å². The molecule has 0 bridgehead atoms. The molecule has 90 valence electrons. The molecule has 1 rings (SSSR count). The van der Waals surface area contributed by atoms with Gasteiger partial charge >= 0.3 is 0 Å². The topological polar surface area (TPSA) is 42.1 Å². The molecule has 3 nitrogen and oxygen atoms in total. The number of rotatable bonds is 4. The summed E-state index contributed by atoms with van der Waals surface area (Å²) in [6.07, 6.45) is 4.71. The van der Waals surface area contributed by atoms with E-state index in [1.165, 1.54) is 5.56 Å². The van der Waals surface area contributed by atoms with Crippen molar-refractivity contribution in [3.63, 3.8) is 0 Å². The second-order valence-corrected chi connectivity index (χ2v) is 4.82. The van der Waals surface area contributed by atoms with Crippen LogP contribution < -0.4 is 5.73 Å². The van der Waals surface area contributed by atoms with Gasteiger partial charge in [-0.2, -0.15) is 0 Å². The predicted molar refractivity (Wildman–Crippen MR) is 68.3 cm³/mol. The molecule has 0 amide bonds. The van der Waals surface area contributed by atoms with E-state index in [1.54, 1.807) is 0 Å². The van der Waals surface area contributed by atoms with Gasteiger partial charge in [0, 0.05) is 24.0 Å². The van der Waals surface area contributed by atoms with Gasteiger partial charge in [-0.3, -0.25) is 4.98 Å². The Hall–Kier alpha value is -0.930.